The van der Waals surface area contributed by atoms with Crippen LogP contribution >= 0.6 is 22.2 Å². The van der Waals surface area contributed by atoms with E-state index in [4.69, 9.17) is 27.3 Å². The standard InChI is InChI=1S/C9H18Cl2O2Si/c10-14(11)8-6-4-2-1-3-5-7-9(12)13/h14H,1-8H2,(H,12,13). The van der Waals surface area contributed by atoms with E-state index in [0.29, 0.717) is 6.42 Å². The van der Waals surface area contributed by atoms with Crippen LogP contribution < -0.4 is 0 Å². The number of unbranched alkanes of at least 4 members (excludes halogenated alkanes) is 5. The molecule has 0 spiro atoms. The Bertz CT molecular complexity index is 154. The maximum atomic E-state index is 10.2. The van der Waals surface area contributed by atoms with Crippen LogP contribution in [0.2, 0.25) is 6.04 Å². The Morgan fingerprint density at radius 3 is 2.00 bits per heavy atom. The fourth-order valence-electron chi connectivity index (χ4n) is 1.28. The van der Waals surface area contributed by atoms with Crippen molar-refractivity contribution in [2.75, 3.05) is 0 Å². The zero-order valence-corrected chi connectivity index (χ0v) is 11.0. The minimum absolute atomic E-state index is 0.304. The maximum absolute atomic E-state index is 10.2. The molecule has 1 N–H and O–H groups in total. The van der Waals surface area contributed by atoms with Crippen molar-refractivity contribution >= 4 is 35.5 Å². The van der Waals surface area contributed by atoms with E-state index >= 15 is 0 Å². The Hall–Kier alpha value is 0.267. The average Bonchev–Trinajstić information content (AvgIpc) is 2.08. The highest BCUT2D eigenvalue weighted by Crippen LogP contribution is 2.12. The molecule has 0 saturated carbocycles. The first-order valence-electron chi connectivity index (χ1n) is 5.13. The predicted molar refractivity (Wildman–Crippen MR) is 63.6 cm³/mol. The van der Waals surface area contributed by atoms with E-state index in [9.17, 15) is 4.79 Å². The molecule has 0 unspecified atom stereocenters. The number of halogens is 2. The molecule has 2 nitrogen and oxygen atoms in total. The molecule has 5 heteroatoms. The van der Waals surface area contributed by atoms with Crippen LogP contribution in [-0.4, -0.2) is 18.5 Å². The van der Waals surface area contributed by atoms with Crippen molar-refractivity contribution in [1.82, 2.24) is 0 Å². The highest BCUT2D eigenvalue weighted by atomic mass is 35.7. The number of carboxylic acids is 1. The van der Waals surface area contributed by atoms with E-state index in [2.05, 4.69) is 0 Å². The molecule has 0 aromatic rings. The second kappa shape index (κ2) is 9.81. The number of rotatable bonds is 9. The molecular formula is C9H18Cl2O2Si. The van der Waals surface area contributed by atoms with Crippen LogP contribution in [0, 0.1) is 0 Å². The first-order valence-corrected chi connectivity index (χ1v) is 9.43. The van der Waals surface area contributed by atoms with Crippen molar-refractivity contribution < 1.29 is 9.90 Å². The summed E-state index contributed by atoms with van der Waals surface area (Å²) in [7, 11) is -1.38. The van der Waals surface area contributed by atoms with Crippen LogP contribution in [0.4, 0.5) is 0 Å². The second-order valence-corrected chi connectivity index (χ2v) is 8.64. The smallest absolute Gasteiger partial charge is 0.303 e. The molecule has 0 aromatic carbocycles. The molecule has 0 radical (unpaired) electrons. The van der Waals surface area contributed by atoms with Gasteiger partial charge < -0.3 is 5.11 Å². The normalized spacial score (nSPS) is 10.8. The molecule has 0 rings (SSSR count). The highest BCUT2D eigenvalue weighted by Gasteiger charge is 2.01. The van der Waals surface area contributed by atoms with Gasteiger partial charge in [-0.2, -0.15) is 22.2 Å². The molecule has 0 heterocycles. The molecule has 84 valence electrons. The van der Waals surface area contributed by atoms with Gasteiger partial charge in [0.05, 0.1) is 0 Å². The number of hydrogen-bond donors (Lipinski definition) is 1. The number of aliphatic carboxylic acids is 1. The minimum Gasteiger partial charge on any atom is -0.481 e. The van der Waals surface area contributed by atoms with Gasteiger partial charge in [0.15, 0.2) is 0 Å². The van der Waals surface area contributed by atoms with E-state index in [1.807, 2.05) is 0 Å². The molecule has 0 atom stereocenters. The van der Waals surface area contributed by atoms with Crippen LogP contribution in [0.15, 0.2) is 0 Å². The van der Waals surface area contributed by atoms with Gasteiger partial charge in [0.25, 0.3) is 0 Å². The minimum atomic E-state index is -1.38. The third-order valence-corrected chi connectivity index (χ3v) is 4.22. The number of hydrogen-bond acceptors (Lipinski definition) is 1. The predicted octanol–water partition coefficient (Wildman–Crippen LogP) is 3.50. The third kappa shape index (κ3) is 12.3. The summed E-state index contributed by atoms with van der Waals surface area (Å²) >= 11 is 11.4. The molecular weight excluding hydrogens is 239 g/mol. The van der Waals surface area contributed by atoms with Crippen molar-refractivity contribution in [3.63, 3.8) is 0 Å². The van der Waals surface area contributed by atoms with Gasteiger partial charge in [0, 0.05) is 6.42 Å². The largest absolute Gasteiger partial charge is 0.481 e. The van der Waals surface area contributed by atoms with Gasteiger partial charge in [-0.05, 0) is 12.5 Å². The zero-order chi connectivity index (χ0) is 10.8. The van der Waals surface area contributed by atoms with Crippen molar-refractivity contribution in [2.45, 2.75) is 51.0 Å². The lowest BCUT2D eigenvalue weighted by atomic mass is 10.1. The fraction of sp³-hybridized carbons (Fsp3) is 0.889. The van der Waals surface area contributed by atoms with Gasteiger partial charge >= 0.3 is 5.97 Å². The van der Waals surface area contributed by atoms with E-state index in [0.717, 1.165) is 31.7 Å². The summed E-state index contributed by atoms with van der Waals surface area (Å²) in [4.78, 5) is 10.2. The van der Waals surface area contributed by atoms with Crippen LogP contribution in [0.5, 0.6) is 0 Å². The summed E-state index contributed by atoms with van der Waals surface area (Å²) in [6.07, 6.45) is 6.74. The molecule has 0 amide bonds. The molecule has 0 bridgehead atoms. The summed E-state index contributed by atoms with van der Waals surface area (Å²) in [5.74, 6) is -0.692. The topological polar surface area (TPSA) is 37.3 Å². The molecule has 0 aliphatic rings. The number of carboxylic acid groups (broad SMARTS) is 1. The maximum Gasteiger partial charge on any atom is 0.303 e. The van der Waals surface area contributed by atoms with E-state index < -0.39 is 13.4 Å². The monoisotopic (exact) mass is 256 g/mol. The highest BCUT2D eigenvalue weighted by molar-refractivity contribution is 7.33. The Labute approximate surface area is 96.6 Å². The quantitative estimate of drug-likeness (QED) is 0.390. The summed E-state index contributed by atoms with van der Waals surface area (Å²) < 4.78 is 0. The van der Waals surface area contributed by atoms with Crippen LogP contribution in [0.1, 0.15) is 44.9 Å². The van der Waals surface area contributed by atoms with Crippen molar-refractivity contribution in [2.24, 2.45) is 0 Å². The van der Waals surface area contributed by atoms with Gasteiger partial charge in [-0.25, -0.2) is 0 Å². The molecule has 0 fully saturated rings. The van der Waals surface area contributed by atoms with Crippen LogP contribution in [-0.2, 0) is 4.79 Å². The lowest BCUT2D eigenvalue weighted by molar-refractivity contribution is -0.137. The summed E-state index contributed by atoms with van der Waals surface area (Å²) in [5.41, 5.74) is 0. The van der Waals surface area contributed by atoms with E-state index in [1.54, 1.807) is 0 Å². The zero-order valence-electron chi connectivity index (χ0n) is 8.35. The van der Waals surface area contributed by atoms with Gasteiger partial charge in [0.1, 0.15) is 0 Å². The first-order chi connectivity index (χ1) is 6.63. The van der Waals surface area contributed by atoms with Crippen LogP contribution in [0.3, 0.4) is 0 Å². The number of carbonyl (C=O) groups is 1. The molecule has 14 heavy (non-hydrogen) atoms. The Morgan fingerprint density at radius 2 is 1.50 bits per heavy atom. The lowest BCUT2D eigenvalue weighted by Crippen LogP contribution is -1.94. The van der Waals surface area contributed by atoms with E-state index in [-0.39, 0.29) is 0 Å². The van der Waals surface area contributed by atoms with Crippen molar-refractivity contribution in [1.29, 1.82) is 0 Å². The lowest BCUT2D eigenvalue weighted by Gasteiger charge is -2.00. The summed E-state index contributed by atoms with van der Waals surface area (Å²) in [6.45, 7) is 0. The average molecular weight is 257 g/mol. The van der Waals surface area contributed by atoms with Gasteiger partial charge in [-0.1, -0.05) is 32.1 Å². The summed E-state index contributed by atoms with van der Waals surface area (Å²) in [5, 5.41) is 8.39. The Kier molecular flexibility index (Phi) is 9.99. The SMILES string of the molecule is O=C(O)CCCCCCCC[SiH](Cl)Cl. The van der Waals surface area contributed by atoms with Gasteiger partial charge in [0.2, 0.25) is 7.42 Å². The molecule has 0 saturated heterocycles. The van der Waals surface area contributed by atoms with E-state index in [1.165, 1.54) is 12.8 Å². The van der Waals surface area contributed by atoms with Crippen molar-refractivity contribution in [3.05, 3.63) is 0 Å². The first kappa shape index (κ1) is 14.3. The van der Waals surface area contributed by atoms with Crippen molar-refractivity contribution in [3.8, 4) is 0 Å². The fourth-order valence-corrected chi connectivity index (χ4v) is 2.81. The molecule has 0 aliphatic heterocycles. The second-order valence-electron chi connectivity index (χ2n) is 3.44. The van der Waals surface area contributed by atoms with Gasteiger partial charge in [-0.15, -0.1) is 0 Å². The van der Waals surface area contributed by atoms with Gasteiger partial charge in [-0.3, -0.25) is 4.79 Å². The molecule has 0 aliphatic carbocycles. The Balaban J connectivity index is 2.96. The molecule has 0 aromatic heterocycles. The van der Waals surface area contributed by atoms with Crippen LogP contribution in [0.25, 0.3) is 0 Å². The third-order valence-electron chi connectivity index (χ3n) is 2.06. The Morgan fingerprint density at radius 1 is 1.00 bits per heavy atom. The summed E-state index contributed by atoms with van der Waals surface area (Å²) in [6, 6.07) is 0.998.